The van der Waals surface area contributed by atoms with Crippen LogP contribution in [0.1, 0.15) is 25.8 Å². The molecule has 122 valence electrons. The van der Waals surface area contributed by atoms with Crippen molar-refractivity contribution in [2.75, 3.05) is 11.9 Å². The zero-order chi connectivity index (χ0) is 16.7. The predicted octanol–water partition coefficient (Wildman–Crippen LogP) is 2.95. The molecule has 2 aromatic rings. The van der Waals surface area contributed by atoms with E-state index >= 15 is 0 Å². The molecule has 2 aromatic heterocycles. The van der Waals surface area contributed by atoms with E-state index < -0.39 is 6.10 Å². The van der Waals surface area contributed by atoms with Crippen molar-refractivity contribution in [3.63, 3.8) is 0 Å². The molecule has 0 bridgehead atoms. The Labute approximate surface area is 136 Å². The topological polar surface area (TPSA) is 79.9 Å². The highest BCUT2D eigenvalue weighted by molar-refractivity contribution is 5.94. The summed E-state index contributed by atoms with van der Waals surface area (Å²) in [5.74, 6) is 0.333. The molecule has 0 saturated carbocycles. The Balaban J connectivity index is 2.10. The quantitative estimate of drug-likeness (QED) is 0.580. The van der Waals surface area contributed by atoms with Crippen molar-refractivity contribution in [1.82, 2.24) is 15.2 Å². The average molecular weight is 314 g/mol. The number of aromatic nitrogens is 3. The Morgan fingerprint density at radius 3 is 2.87 bits per heavy atom. The van der Waals surface area contributed by atoms with Crippen LogP contribution >= 0.6 is 0 Å². The summed E-state index contributed by atoms with van der Waals surface area (Å²) in [5.41, 5.74) is 2.84. The number of rotatable bonds is 8. The SMILES string of the molecule is C=CCCOC(C)C(=O)Nc1n[nH]c(-c2ccncc2)c1CC. The number of nitrogens with zero attached hydrogens (tertiary/aromatic N) is 2. The summed E-state index contributed by atoms with van der Waals surface area (Å²) in [4.78, 5) is 16.2. The Morgan fingerprint density at radius 1 is 1.48 bits per heavy atom. The molecule has 0 radical (unpaired) electrons. The van der Waals surface area contributed by atoms with Crippen LogP contribution < -0.4 is 5.32 Å². The van der Waals surface area contributed by atoms with Crippen LogP contribution in [0.25, 0.3) is 11.3 Å². The molecule has 0 aliphatic carbocycles. The Hall–Kier alpha value is -2.47. The van der Waals surface area contributed by atoms with Crippen LogP contribution in [0.2, 0.25) is 0 Å². The molecule has 0 fully saturated rings. The fourth-order valence-electron chi connectivity index (χ4n) is 2.19. The maximum atomic E-state index is 12.2. The van der Waals surface area contributed by atoms with Crippen LogP contribution in [0.4, 0.5) is 5.82 Å². The lowest BCUT2D eigenvalue weighted by molar-refractivity contribution is -0.126. The van der Waals surface area contributed by atoms with Gasteiger partial charge in [-0.1, -0.05) is 13.0 Å². The van der Waals surface area contributed by atoms with Gasteiger partial charge in [-0.05, 0) is 31.9 Å². The summed E-state index contributed by atoms with van der Waals surface area (Å²) < 4.78 is 5.45. The van der Waals surface area contributed by atoms with Crippen molar-refractivity contribution >= 4 is 11.7 Å². The molecule has 1 atom stereocenters. The lowest BCUT2D eigenvalue weighted by Gasteiger charge is -2.12. The maximum Gasteiger partial charge on any atom is 0.254 e. The molecule has 2 rings (SSSR count). The summed E-state index contributed by atoms with van der Waals surface area (Å²) >= 11 is 0. The van der Waals surface area contributed by atoms with Crippen LogP contribution in [-0.4, -0.2) is 33.8 Å². The number of H-pyrrole nitrogens is 1. The Morgan fingerprint density at radius 2 is 2.22 bits per heavy atom. The Bertz CT molecular complexity index is 652. The molecule has 6 nitrogen and oxygen atoms in total. The molecule has 2 heterocycles. The van der Waals surface area contributed by atoms with Gasteiger partial charge in [0.05, 0.1) is 12.3 Å². The molecule has 1 amide bonds. The highest BCUT2D eigenvalue weighted by Crippen LogP contribution is 2.26. The number of carbonyl (C=O) groups excluding carboxylic acids is 1. The summed E-state index contributed by atoms with van der Waals surface area (Å²) in [5, 5.41) is 10.1. The molecule has 2 N–H and O–H groups in total. The zero-order valence-electron chi connectivity index (χ0n) is 13.5. The highest BCUT2D eigenvalue weighted by Gasteiger charge is 2.19. The van der Waals surface area contributed by atoms with Crippen LogP contribution in [0.15, 0.2) is 37.2 Å². The number of nitrogens with one attached hydrogen (secondary N) is 2. The Kier molecular flexibility index (Phi) is 6.05. The molecule has 0 aliphatic heterocycles. The van der Waals surface area contributed by atoms with Crippen LogP contribution in [-0.2, 0) is 16.0 Å². The van der Waals surface area contributed by atoms with Crippen LogP contribution in [0, 0.1) is 0 Å². The molecule has 0 aliphatic rings. The fraction of sp³-hybridized carbons (Fsp3) is 0.353. The first-order valence-corrected chi connectivity index (χ1v) is 7.68. The van der Waals surface area contributed by atoms with Crippen molar-refractivity contribution in [1.29, 1.82) is 0 Å². The molecule has 0 spiro atoms. The van der Waals surface area contributed by atoms with Gasteiger partial charge in [0.15, 0.2) is 5.82 Å². The summed E-state index contributed by atoms with van der Waals surface area (Å²) in [6.45, 7) is 7.84. The first kappa shape index (κ1) is 16.9. The number of anilines is 1. The van der Waals surface area contributed by atoms with Gasteiger partial charge < -0.3 is 10.1 Å². The van der Waals surface area contributed by atoms with Gasteiger partial charge in [0.1, 0.15) is 6.10 Å². The average Bonchev–Trinajstić information content (AvgIpc) is 2.98. The number of ether oxygens (including phenoxy) is 1. The van der Waals surface area contributed by atoms with Gasteiger partial charge in [-0.3, -0.25) is 14.9 Å². The minimum atomic E-state index is -0.541. The lowest BCUT2D eigenvalue weighted by Crippen LogP contribution is -2.28. The highest BCUT2D eigenvalue weighted by atomic mass is 16.5. The van der Waals surface area contributed by atoms with E-state index in [1.54, 1.807) is 25.4 Å². The molecule has 0 aromatic carbocycles. The van der Waals surface area contributed by atoms with Gasteiger partial charge in [-0.25, -0.2) is 0 Å². The third-order valence-electron chi connectivity index (χ3n) is 3.49. The second-order valence-corrected chi connectivity index (χ2v) is 5.09. The van der Waals surface area contributed by atoms with Crippen LogP contribution in [0.5, 0.6) is 0 Å². The summed E-state index contributed by atoms with van der Waals surface area (Å²) in [6.07, 6.45) is 6.13. The monoisotopic (exact) mass is 314 g/mol. The molecule has 0 saturated heterocycles. The number of amides is 1. The smallest absolute Gasteiger partial charge is 0.254 e. The number of aromatic amines is 1. The van der Waals surface area contributed by atoms with E-state index in [-0.39, 0.29) is 5.91 Å². The van der Waals surface area contributed by atoms with Crippen molar-refractivity contribution < 1.29 is 9.53 Å². The standard InChI is InChI=1S/C17H22N4O2/c1-4-6-11-23-12(3)17(22)19-16-14(5-2)15(20-21-16)13-7-9-18-10-8-13/h4,7-10,12H,1,5-6,11H2,2-3H3,(H2,19,20,21,22). The van der Waals surface area contributed by atoms with Gasteiger partial charge in [0.25, 0.3) is 5.91 Å². The van der Waals surface area contributed by atoms with Crippen molar-refractivity contribution in [2.45, 2.75) is 32.8 Å². The number of carbonyl (C=O) groups is 1. The van der Waals surface area contributed by atoms with E-state index in [9.17, 15) is 4.79 Å². The van der Waals surface area contributed by atoms with Gasteiger partial charge in [0.2, 0.25) is 0 Å². The van der Waals surface area contributed by atoms with Gasteiger partial charge in [-0.2, -0.15) is 5.10 Å². The van der Waals surface area contributed by atoms with Crippen LogP contribution in [0.3, 0.4) is 0 Å². The number of hydrogen-bond donors (Lipinski definition) is 2. The third-order valence-corrected chi connectivity index (χ3v) is 3.49. The van der Waals surface area contributed by atoms with Crippen molar-refractivity contribution in [3.05, 3.63) is 42.7 Å². The second-order valence-electron chi connectivity index (χ2n) is 5.09. The lowest BCUT2D eigenvalue weighted by atomic mass is 10.1. The number of pyridine rings is 1. The maximum absolute atomic E-state index is 12.2. The summed E-state index contributed by atoms with van der Waals surface area (Å²) in [7, 11) is 0. The first-order chi connectivity index (χ1) is 11.2. The second kappa shape index (κ2) is 8.24. The third kappa shape index (κ3) is 4.26. The summed E-state index contributed by atoms with van der Waals surface area (Å²) in [6, 6.07) is 3.80. The number of hydrogen-bond acceptors (Lipinski definition) is 4. The largest absolute Gasteiger partial charge is 0.368 e. The van der Waals surface area contributed by atoms with Gasteiger partial charge in [0, 0.05) is 23.5 Å². The molecular weight excluding hydrogens is 292 g/mol. The molecular formula is C17H22N4O2. The minimum Gasteiger partial charge on any atom is -0.368 e. The predicted molar refractivity (Wildman–Crippen MR) is 90.1 cm³/mol. The molecule has 23 heavy (non-hydrogen) atoms. The molecule has 6 heteroatoms. The molecule has 1 unspecified atom stereocenters. The van der Waals surface area contributed by atoms with E-state index in [1.165, 1.54) is 0 Å². The minimum absolute atomic E-state index is 0.212. The fourth-order valence-corrected chi connectivity index (χ4v) is 2.19. The van der Waals surface area contributed by atoms with E-state index in [4.69, 9.17) is 4.74 Å². The van der Waals surface area contributed by atoms with Crippen molar-refractivity contribution in [2.24, 2.45) is 0 Å². The van der Waals surface area contributed by atoms with Gasteiger partial charge >= 0.3 is 0 Å². The van der Waals surface area contributed by atoms with Crippen molar-refractivity contribution in [3.8, 4) is 11.3 Å². The normalized spacial score (nSPS) is 11.9. The van der Waals surface area contributed by atoms with E-state index in [1.807, 2.05) is 19.1 Å². The van der Waals surface area contributed by atoms with E-state index in [0.29, 0.717) is 18.8 Å². The van der Waals surface area contributed by atoms with E-state index in [0.717, 1.165) is 23.2 Å². The first-order valence-electron chi connectivity index (χ1n) is 7.68. The zero-order valence-corrected chi connectivity index (χ0v) is 13.5. The van der Waals surface area contributed by atoms with Gasteiger partial charge in [-0.15, -0.1) is 6.58 Å². The van der Waals surface area contributed by atoms with E-state index in [2.05, 4.69) is 27.1 Å².